The highest BCUT2D eigenvalue weighted by atomic mass is 16.5. The Morgan fingerprint density at radius 3 is 1.00 bits per heavy atom. The van der Waals surface area contributed by atoms with Crippen molar-refractivity contribution in [3.8, 4) is 0 Å². The molecule has 0 aliphatic heterocycles. The van der Waals surface area contributed by atoms with E-state index in [9.17, 15) is 0 Å². The zero-order valence-electron chi connectivity index (χ0n) is 14.2. The van der Waals surface area contributed by atoms with E-state index in [1.165, 1.54) is 45.3 Å². The molecule has 2 heteroatoms. The number of nitrogens with zero attached hydrogens (tertiary/aromatic N) is 1. The van der Waals surface area contributed by atoms with Crippen LogP contribution in [0.5, 0.6) is 0 Å². The molecule has 0 aromatic heterocycles. The highest BCUT2D eigenvalue weighted by Gasteiger charge is 1.89. The van der Waals surface area contributed by atoms with Crippen LogP contribution in [0.1, 0.15) is 74.1 Å². The smallest absolute Gasteiger partial charge is 0.0437 e. The fraction of sp³-hybridized carbons (Fsp3) is 1.00. The Labute approximate surface area is 117 Å². The maximum Gasteiger partial charge on any atom is 0.0437 e. The first-order valence-corrected chi connectivity index (χ1v) is 7.98. The fourth-order valence-electron chi connectivity index (χ4n) is 1.37. The summed E-state index contributed by atoms with van der Waals surface area (Å²) >= 11 is 0. The van der Waals surface area contributed by atoms with Crippen LogP contribution in [-0.4, -0.2) is 37.7 Å². The largest absolute Gasteiger partial charge is 0.382 e. The van der Waals surface area contributed by atoms with Gasteiger partial charge in [0.1, 0.15) is 0 Å². The summed E-state index contributed by atoms with van der Waals surface area (Å²) in [6.45, 7) is 20.3. The molecule has 114 valence electrons. The molecule has 0 atom stereocenters. The molecule has 0 aliphatic carbocycles. The monoisotopic (exact) mass is 261 g/mol. The maximum absolute atomic E-state index is 4.83. The fourth-order valence-corrected chi connectivity index (χ4v) is 1.37. The van der Waals surface area contributed by atoms with Crippen molar-refractivity contribution in [3.05, 3.63) is 0 Å². The summed E-state index contributed by atoms with van der Waals surface area (Å²) in [6, 6.07) is 0. The van der Waals surface area contributed by atoms with Crippen molar-refractivity contribution in [2.75, 3.05) is 32.8 Å². The van der Waals surface area contributed by atoms with Crippen LogP contribution in [0.25, 0.3) is 0 Å². The van der Waals surface area contributed by atoms with E-state index < -0.39 is 0 Å². The van der Waals surface area contributed by atoms with Gasteiger partial charge in [-0.25, -0.2) is 0 Å². The molecule has 0 radical (unpaired) electrons. The topological polar surface area (TPSA) is 12.5 Å². The molecule has 0 N–H and O–H groups in total. The first-order chi connectivity index (χ1) is 8.67. The Balaban J connectivity index is -0.000000190. The molecule has 0 fully saturated rings. The van der Waals surface area contributed by atoms with Crippen molar-refractivity contribution in [2.24, 2.45) is 0 Å². The first-order valence-electron chi connectivity index (χ1n) is 7.98. The zero-order chi connectivity index (χ0) is 14.6. The molecule has 0 saturated carbocycles. The summed E-state index contributed by atoms with van der Waals surface area (Å²) in [5, 5.41) is 0. The second-order valence-corrected chi connectivity index (χ2v) is 4.11. The van der Waals surface area contributed by atoms with E-state index >= 15 is 0 Å². The van der Waals surface area contributed by atoms with Gasteiger partial charge < -0.3 is 9.64 Å². The van der Waals surface area contributed by atoms with Crippen molar-refractivity contribution in [2.45, 2.75) is 74.1 Å². The van der Waals surface area contributed by atoms with Crippen LogP contribution in [0.3, 0.4) is 0 Å². The predicted octanol–water partition coefficient (Wildman–Crippen LogP) is 4.98. The summed E-state index contributed by atoms with van der Waals surface area (Å²) in [5.74, 6) is 0. The Bertz CT molecular complexity index is 91.8. The van der Waals surface area contributed by atoms with Crippen LogP contribution < -0.4 is 0 Å². The minimum atomic E-state index is 0.844. The molecular weight excluding hydrogens is 222 g/mol. The van der Waals surface area contributed by atoms with E-state index in [-0.39, 0.29) is 0 Å². The van der Waals surface area contributed by atoms with Crippen LogP contribution in [0.15, 0.2) is 0 Å². The van der Waals surface area contributed by atoms with Crippen LogP contribution in [0.2, 0.25) is 0 Å². The molecule has 0 rings (SSSR count). The van der Waals surface area contributed by atoms with Gasteiger partial charge in [0.15, 0.2) is 0 Å². The third-order valence-corrected chi connectivity index (χ3v) is 2.71. The Morgan fingerprint density at radius 1 is 0.611 bits per heavy atom. The van der Waals surface area contributed by atoms with E-state index in [1.54, 1.807) is 0 Å². The van der Waals surface area contributed by atoms with Gasteiger partial charge in [0.05, 0.1) is 0 Å². The van der Waals surface area contributed by atoms with Gasteiger partial charge >= 0.3 is 0 Å². The number of ether oxygens (including phenoxy) is 1. The van der Waals surface area contributed by atoms with E-state index in [0.29, 0.717) is 0 Å². The zero-order valence-corrected chi connectivity index (χ0v) is 14.2. The molecule has 0 aliphatic rings. The molecule has 0 aromatic rings. The minimum Gasteiger partial charge on any atom is -0.382 e. The molecule has 0 unspecified atom stereocenters. The summed E-state index contributed by atoms with van der Waals surface area (Å²) in [4.78, 5) is 2.38. The van der Waals surface area contributed by atoms with Gasteiger partial charge in [-0.1, -0.05) is 60.3 Å². The molecule has 18 heavy (non-hydrogen) atoms. The Hall–Kier alpha value is -0.0800. The normalized spacial score (nSPS) is 9.33. The van der Waals surface area contributed by atoms with Crippen molar-refractivity contribution in [3.63, 3.8) is 0 Å². The van der Waals surface area contributed by atoms with Crippen LogP contribution >= 0.6 is 0 Å². The first kappa shape index (κ1) is 23.0. The second kappa shape index (κ2) is 25.7. The second-order valence-electron chi connectivity index (χ2n) is 4.11. The summed E-state index contributed by atoms with van der Waals surface area (Å²) < 4.78 is 4.83. The van der Waals surface area contributed by atoms with Gasteiger partial charge in [0.25, 0.3) is 0 Å². The van der Waals surface area contributed by atoms with Gasteiger partial charge in [0, 0.05) is 13.2 Å². The molecule has 0 aromatic carbocycles. The van der Waals surface area contributed by atoms with Crippen molar-refractivity contribution >= 4 is 0 Å². The lowest BCUT2D eigenvalue weighted by Crippen LogP contribution is -2.21. The molecule has 2 nitrogen and oxygen atoms in total. The predicted molar refractivity (Wildman–Crippen MR) is 85.4 cm³/mol. The number of hydrogen-bond acceptors (Lipinski definition) is 2. The van der Waals surface area contributed by atoms with Crippen LogP contribution in [-0.2, 0) is 4.74 Å². The molecule has 0 heterocycles. The lowest BCUT2D eigenvalue weighted by atomic mass is 10.2. The molecule has 0 bridgehead atoms. The van der Waals surface area contributed by atoms with Gasteiger partial charge in [-0.3, -0.25) is 0 Å². The molecule has 0 spiro atoms. The summed E-state index contributed by atoms with van der Waals surface area (Å²) in [5.41, 5.74) is 0. The Kier molecular flexibility index (Phi) is 32.9. The molecule has 0 amide bonds. The van der Waals surface area contributed by atoms with Crippen molar-refractivity contribution in [1.29, 1.82) is 0 Å². The highest BCUT2D eigenvalue weighted by molar-refractivity contribution is 4.43. The Morgan fingerprint density at radius 2 is 0.944 bits per heavy atom. The third-order valence-electron chi connectivity index (χ3n) is 2.71. The summed E-state index contributed by atoms with van der Waals surface area (Å²) in [7, 11) is 0. The van der Waals surface area contributed by atoms with Gasteiger partial charge in [-0.15, -0.1) is 0 Å². The number of hydrogen-bond donors (Lipinski definition) is 0. The number of unbranched alkanes of at least 4 members (excludes halogenated alkanes) is 3. The van der Waals surface area contributed by atoms with E-state index in [2.05, 4.69) is 39.5 Å². The van der Waals surface area contributed by atoms with Crippen molar-refractivity contribution in [1.82, 2.24) is 4.90 Å². The average Bonchev–Trinajstić information content (AvgIpc) is 2.41. The van der Waals surface area contributed by atoms with E-state index in [1.807, 2.05) is 13.8 Å². The van der Waals surface area contributed by atoms with Crippen LogP contribution in [0, 0.1) is 0 Å². The quantitative estimate of drug-likeness (QED) is 0.571. The van der Waals surface area contributed by atoms with Gasteiger partial charge in [-0.2, -0.15) is 0 Å². The van der Waals surface area contributed by atoms with E-state index in [0.717, 1.165) is 13.2 Å². The standard InChI is InChI=1S/C6H15N.C6H14.C4H10O/c1-4-7(5-2)6-3;1-3-5-6-4-2;1-3-5-4-2/h4-6H2,1-3H3;3-6H2,1-2H3;3-4H2,1-2H3. The highest BCUT2D eigenvalue weighted by Crippen LogP contribution is 1.95. The lowest BCUT2D eigenvalue weighted by molar-refractivity contribution is 0.162. The third kappa shape index (κ3) is 29.7. The SMILES string of the molecule is CCCCCC.CCN(CC)CC.CCOCC. The molecule has 0 saturated heterocycles. The van der Waals surface area contributed by atoms with Gasteiger partial charge in [-0.05, 0) is 33.5 Å². The lowest BCUT2D eigenvalue weighted by Gasteiger charge is -2.13. The van der Waals surface area contributed by atoms with Crippen LogP contribution in [0.4, 0.5) is 0 Å². The summed E-state index contributed by atoms with van der Waals surface area (Å²) in [6.07, 6.45) is 5.54. The minimum absolute atomic E-state index is 0.844. The van der Waals surface area contributed by atoms with Crippen molar-refractivity contribution < 1.29 is 4.74 Å². The van der Waals surface area contributed by atoms with E-state index in [4.69, 9.17) is 4.74 Å². The molecular formula is C16H39NO. The van der Waals surface area contributed by atoms with Gasteiger partial charge in [0.2, 0.25) is 0 Å². The maximum atomic E-state index is 4.83. The average molecular weight is 261 g/mol. The number of rotatable bonds is 8.